The summed E-state index contributed by atoms with van der Waals surface area (Å²) in [6, 6.07) is 4.33. The van der Waals surface area contributed by atoms with Crippen LogP contribution in [0.2, 0.25) is 0 Å². The normalized spacial score (nSPS) is 22.6. The van der Waals surface area contributed by atoms with Crippen LogP contribution >= 0.6 is 0 Å². The van der Waals surface area contributed by atoms with Crippen LogP contribution in [0.4, 0.5) is 10.1 Å². The molecule has 2 N–H and O–H groups in total. The van der Waals surface area contributed by atoms with E-state index in [-0.39, 0.29) is 49.2 Å². The summed E-state index contributed by atoms with van der Waals surface area (Å²) < 4.78 is 13.3. The first-order valence-electron chi connectivity index (χ1n) is 8.24. The number of fused-ring (bicyclic) bond motifs is 1. The molecule has 2 atom stereocenters. The summed E-state index contributed by atoms with van der Waals surface area (Å²) in [7, 11) is 0. The summed E-state index contributed by atoms with van der Waals surface area (Å²) >= 11 is 0. The number of anilines is 1. The van der Waals surface area contributed by atoms with Gasteiger partial charge < -0.3 is 15.3 Å². The number of aliphatic hydroxyl groups is 1. The summed E-state index contributed by atoms with van der Waals surface area (Å²) in [5.74, 6) is -0.388. The van der Waals surface area contributed by atoms with Crippen molar-refractivity contribution in [2.45, 2.75) is 31.7 Å². The van der Waals surface area contributed by atoms with Gasteiger partial charge in [-0.05, 0) is 36.6 Å². The first-order chi connectivity index (χ1) is 11.6. The molecule has 128 valence electrons. The zero-order chi connectivity index (χ0) is 17.1. The lowest BCUT2D eigenvalue weighted by Gasteiger charge is -2.29. The van der Waals surface area contributed by atoms with E-state index in [0.717, 1.165) is 5.56 Å². The van der Waals surface area contributed by atoms with Crippen LogP contribution in [0.25, 0.3) is 0 Å². The smallest absolute Gasteiger partial charge is 0.227 e. The Kier molecular flexibility index (Phi) is 4.94. The van der Waals surface area contributed by atoms with E-state index in [1.165, 1.54) is 12.1 Å². The van der Waals surface area contributed by atoms with Gasteiger partial charge in [0, 0.05) is 43.6 Å². The largest absolute Gasteiger partial charge is 0.396 e. The molecule has 0 radical (unpaired) electrons. The molecule has 0 aromatic heterocycles. The van der Waals surface area contributed by atoms with Crippen LogP contribution in [0, 0.1) is 11.7 Å². The molecule has 0 saturated heterocycles. The number of rotatable bonds is 5. The highest BCUT2D eigenvalue weighted by molar-refractivity contribution is 5.97. The maximum Gasteiger partial charge on any atom is 0.227 e. The van der Waals surface area contributed by atoms with Crippen LogP contribution in [-0.4, -0.2) is 36.1 Å². The molecule has 24 heavy (non-hydrogen) atoms. The molecule has 1 aliphatic heterocycles. The van der Waals surface area contributed by atoms with Crippen LogP contribution < -0.4 is 10.2 Å². The van der Waals surface area contributed by atoms with Crippen molar-refractivity contribution in [3.8, 4) is 0 Å². The van der Waals surface area contributed by atoms with Gasteiger partial charge in [-0.1, -0.05) is 12.2 Å². The van der Waals surface area contributed by atoms with E-state index in [0.29, 0.717) is 24.9 Å². The standard InChI is InChI=1S/C18H21FN2O3/c19-14-3-5-16-13(10-14)2-6-18(24)21(16)8-7-17(23)20-15-4-1-12(9-15)11-22/h1,3-5,10,12,15,22H,2,6-9,11H2,(H,20,23)/t12-,15+/m0/s1. The zero-order valence-electron chi connectivity index (χ0n) is 13.4. The molecule has 1 aromatic carbocycles. The number of aliphatic hydroxyl groups excluding tert-OH is 1. The van der Waals surface area contributed by atoms with Crippen molar-refractivity contribution in [3.63, 3.8) is 0 Å². The van der Waals surface area contributed by atoms with Gasteiger partial charge in [-0.2, -0.15) is 0 Å². The molecular weight excluding hydrogens is 311 g/mol. The Morgan fingerprint density at radius 3 is 2.92 bits per heavy atom. The third-order valence-electron chi connectivity index (χ3n) is 4.56. The molecule has 0 spiro atoms. The Bertz CT molecular complexity index is 674. The second kappa shape index (κ2) is 7.13. The van der Waals surface area contributed by atoms with Crippen molar-refractivity contribution in [2.75, 3.05) is 18.1 Å². The SMILES string of the molecule is O=C(CCN1C(=O)CCc2cc(F)ccc21)N[C@@H]1C=C[C@H](CO)C1. The summed E-state index contributed by atoms with van der Waals surface area (Å²) in [6.45, 7) is 0.363. The van der Waals surface area contributed by atoms with Gasteiger partial charge in [0.15, 0.2) is 0 Å². The number of hydrogen-bond acceptors (Lipinski definition) is 3. The number of benzene rings is 1. The summed E-state index contributed by atoms with van der Waals surface area (Å²) in [5.41, 5.74) is 1.50. The highest BCUT2D eigenvalue weighted by Gasteiger charge is 2.25. The fourth-order valence-electron chi connectivity index (χ4n) is 3.28. The number of nitrogens with zero attached hydrogens (tertiary/aromatic N) is 1. The second-order valence-corrected chi connectivity index (χ2v) is 6.31. The number of hydrogen-bond donors (Lipinski definition) is 2. The lowest BCUT2D eigenvalue weighted by atomic mass is 10.0. The molecule has 1 heterocycles. The van der Waals surface area contributed by atoms with Gasteiger partial charge in [0.2, 0.25) is 11.8 Å². The van der Waals surface area contributed by atoms with E-state index in [9.17, 15) is 14.0 Å². The lowest BCUT2D eigenvalue weighted by molar-refractivity contribution is -0.121. The van der Waals surface area contributed by atoms with E-state index in [4.69, 9.17) is 5.11 Å². The van der Waals surface area contributed by atoms with E-state index in [2.05, 4.69) is 5.32 Å². The highest BCUT2D eigenvalue weighted by atomic mass is 19.1. The fourth-order valence-corrected chi connectivity index (χ4v) is 3.28. The van der Waals surface area contributed by atoms with Gasteiger partial charge in [0.05, 0.1) is 0 Å². The van der Waals surface area contributed by atoms with Gasteiger partial charge in [-0.25, -0.2) is 4.39 Å². The Morgan fingerprint density at radius 2 is 2.17 bits per heavy atom. The molecule has 2 aliphatic rings. The quantitative estimate of drug-likeness (QED) is 0.804. The molecule has 0 unspecified atom stereocenters. The van der Waals surface area contributed by atoms with Crippen molar-refractivity contribution in [1.82, 2.24) is 5.32 Å². The molecule has 2 amide bonds. The predicted octanol–water partition coefficient (Wildman–Crippen LogP) is 1.55. The third kappa shape index (κ3) is 3.64. The Balaban J connectivity index is 1.57. The Hall–Kier alpha value is -2.21. The van der Waals surface area contributed by atoms with Crippen molar-refractivity contribution in [3.05, 3.63) is 41.7 Å². The molecule has 5 nitrogen and oxygen atoms in total. The van der Waals surface area contributed by atoms with Gasteiger partial charge in [-0.15, -0.1) is 0 Å². The highest BCUT2D eigenvalue weighted by Crippen LogP contribution is 2.28. The first-order valence-corrected chi connectivity index (χ1v) is 8.24. The van der Waals surface area contributed by atoms with Crippen molar-refractivity contribution in [2.24, 2.45) is 5.92 Å². The van der Waals surface area contributed by atoms with Gasteiger partial charge in [0.1, 0.15) is 5.82 Å². The zero-order valence-corrected chi connectivity index (χ0v) is 13.4. The van der Waals surface area contributed by atoms with Gasteiger partial charge in [0.25, 0.3) is 0 Å². The average Bonchev–Trinajstić information content (AvgIpc) is 3.01. The average molecular weight is 332 g/mol. The van der Waals surface area contributed by atoms with Crippen molar-refractivity contribution < 1.29 is 19.1 Å². The predicted molar refractivity (Wildman–Crippen MR) is 88.0 cm³/mol. The molecular formula is C18H21FN2O3. The number of nitrogens with one attached hydrogen (secondary N) is 1. The minimum Gasteiger partial charge on any atom is -0.396 e. The second-order valence-electron chi connectivity index (χ2n) is 6.31. The Labute approximate surface area is 140 Å². The van der Waals surface area contributed by atoms with Crippen LogP contribution in [0.3, 0.4) is 0 Å². The van der Waals surface area contributed by atoms with Gasteiger partial charge in [-0.3, -0.25) is 9.59 Å². The van der Waals surface area contributed by atoms with E-state index in [1.807, 2.05) is 12.2 Å². The summed E-state index contributed by atoms with van der Waals surface area (Å²) in [6.07, 6.45) is 5.56. The van der Waals surface area contributed by atoms with E-state index >= 15 is 0 Å². The molecule has 6 heteroatoms. The molecule has 1 aromatic rings. The summed E-state index contributed by atoms with van der Waals surface area (Å²) in [5, 5.41) is 12.0. The lowest BCUT2D eigenvalue weighted by Crippen LogP contribution is -2.40. The molecule has 3 rings (SSSR count). The van der Waals surface area contributed by atoms with Crippen LogP contribution in [-0.2, 0) is 16.0 Å². The first kappa shape index (κ1) is 16.6. The minimum atomic E-state index is -0.313. The maximum atomic E-state index is 13.3. The van der Waals surface area contributed by atoms with E-state index < -0.39 is 0 Å². The Morgan fingerprint density at radius 1 is 1.33 bits per heavy atom. The summed E-state index contributed by atoms with van der Waals surface area (Å²) in [4.78, 5) is 25.8. The van der Waals surface area contributed by atoms with Crippen LogP contribution in [0.15, 0.2) is 30.4 Å². The minimum absolute atomic E-state index is 0.0389. The van der Waals surface area contributed by atoms with Crippen LogP contribution in [0.1, 0.15) is 24.8 Å². The topological polar surface area (TPSA) is 69.6 Å². The monoisotopic (exact) mass is 332 g/mol. The molecule has 0 bridgehead atoms. The number of amides is 2. The van der Waals surface area contributed by atoms with Gasteiger partial charge >= 0.3 is 0 Å². The number of aryl methyl sites for hydroxylation is 1. The number of carbonyl (C=O) groups is 2. The van der Waals surface area contributed by atoms with Crippen molar-refractivity contribution >= 4 is 17.5 Å². The fraction of sp³-hybridized carbons (Fsp3) is 0.444. The van der Waals surface area contributed by atoms with Crippen LogP contribution in [0.5, 0.6) is 0 Å². The number of carbonyl (C=O) groups excluding carboxylic acids is 2. The number of halogens is 1. The molecule has 1 aliphatic carbocycles. The third-order valence-corrected chi connectivity index (χ3v) is 4.56. The molecule has 0 saturated carbocycles. The maximum absolute atomic E-state index is 13.3. The van der Waals surface area contributed by atoms with Crippen molar-refractivity contribution in [1.29, 1.82) is 0 Å². The van der Waals surface area contributed by atoms with E-state index in [1.54, 1.807) is 11.0 Å². The molecule has 0 fully saturated rings.